The molecule has 2 heterocycles. The molecule has 0 aliphatic carbocycles. The van der Waals surface area contributed by atoms with Crippen LogP contribution in [0.2, 0.25) is 0 Å². The molecule has 2 atom stereocenters. The van der Waals surface area contributed by atoms with Crippen molar-refractivity contribution in [3.05, 3.63) is 94.4 Å². The maximum Gasteiger partial charge on any atom is 0.411 e. The van der Waals surface area contributed by atoms with Crippen LogP contribution >= 0.6 is 0 Å². The van der Waals surface area contributed by atoms with E-state index >= 15 is 0 Å². The second-order valence-electron chi connectivity index (χ2n) is 10.00. The van der Waals surface area contributed by atoms with Gasteiger partial charge in [-0.3, -0.25) is 4.79 Å². The number of pyridine rings is 1. The van der Waals surface area contributed by atoms with Crippen molar-refractivity contribution >= 4 is 6.09 Å². The third-order valence-electron chi connectivity index (χ3n) is 6.82. The number of amides is 1. The predicted molar refractivity (Wildman–Crippen MR) is 137 cm³/mol. The van der Waals surface area contributed by atoms with Gasteiger partial charge in [-0.15, -0.1) is 0 Å². The van der Waals surface area contributed by atoms with Gasteiger partial charge in [0, 0.05) is 38.2 Å². The average molecular weight is 475 g/mol. The van der Waals surface area contributed by atoms with Gasteiger partial charge in [-0.25, -0.2) is 4.79 Å². The fraction of sp³-hybridized carbons (Fsp3) is 0.379. The van der Waals surface area contributed by atoms with Crippen molar-refractivity contribution in [2.45, 2.75) is 64.3 Å². The van der Waals surface area contributed by atoms with Gasteiger partial charge < -0.3 is 19.3 Å². The van der Waals surface area contributed by atoms with Gasteiger partial charge in [0.15, 0.2) is 0 Å². The lowest BCUT2D eigenvalue weighted by Crippen LogP contribution is -2.51. The van der Waals surface area contributed by atoms with Crippen LogP contribution in [0.5, 0.6) is 0 Å². The number of hydrogen-bond donors (Lipinski definition) is 1. The summed E-state index contributed by atoms with van der Waals surface area (Å²) in [5, 5.41) is 10.6. The number of cyclic esters (lactones) is 1. The van der Waals surface area contributed by atoms with Gasteiger partial charge in [0.1, 0.15) is 5.60 Å². The number of rotatable bonds is 7. The monoisotopic (exact) mass is 474 g/mol. The Balaban J connectivity index is 1.53. The Morgan fingerprint density at radius 3 is 2.29 bits per heavy atom. The SMILES string of the molecule is CCn1ccc(-c2ccc([C@H](C)N3CC[C@](CC(C)(C)O)(c4ccccc4)OC3=O)cc2)cc1=O. The molecular formula is C29H34N2O4. The quantitative estimate of drug-likeness (QED) is 0.491. The Morgan fingerprint density at radius 2 is 1.71 bits per heavy atom. The number of aryl methyl sites for hydroxylation is 1. The topological polar surface area (TPSA) is 71.8 Å². The lowest BCUT2D eigenvalue weighted by Gasteiger charge is -2.45. The zero-order chi connectivity index (χ0) is 25.2. The molecule has 184 valence electrons. The number of hydrogen-bond acceptors (Lipinski definition) is 4. The van der Waals surface area contributed by atoms with Gasteiger partial charge >= 0.3 is 6.09 Å². The van der Waals surface area contributed by atoms with E-state index in [4.69, 9.17) is 4.74 Å². The van der Waals surface area contributed by atoms with Crippen LogP contribution in [0.3, 0.4) is 0 Å². The molecule has 4 rings (SSSR count). The molecule has 1 saturated heterocycles. The first-order valence-corrected chi connectivity index (χ1v) is 12.2. The predicted octanol–water partition coefficient (Wildman–Crippen LogP) is 5.50. The Kier molecular flexibility index (Phi) is 6.86. The number of aliphatic hydroxyl groups is 1. The van der Waals surface area contributed by atoms with Gasteiger partial charge in [-0.1, -0.05) is 54.6 Å². The molecule has 6 heteroatoms. The second-order valence-corrected chi connectivity index (χ2v) is 10.00. The van der Waals surface area contributed by atoms with Crippen molar-refractivity contribution in [2.24, 2.45) is 0 Å². The lowest BCUT2D eigenvalue weighted by atomic mass is 9.80. The third kappa shape index (κ3) is 5.33. The second kappa shape index (κ2) is 9.70. The van der Waals surface area contributed by atoms with Crippen molar-refractivity contribution in [1.82, 2.24) is 9.47 Å². The molecule has 1 aromatic heterocycles. The summed E-state index contributed by atoms with van der Waals surface area (Å²) < 4.78 is 7.77. The molecule has 3 aromatic rings. The average Bonchev–Trinajstić information content (AvgIpc) is 2.83. The van der Waals surface area contributed by atoms with Gasteiger partial charge in [-0.2, -0.15) is 0 Å². The first-order valence-electron chi connectivity index (χ1n) is 12.2. The fourth-order valence-electron chi connectivity index (χ4n) is 4.97. The molecule has 1 aliphatic heterocycles. The number of benzene rings is 2. The summed E-state index contributed by atoms with van der Waals surface area (Å²) in [7, 11) is 0. The fourth-order valence-corrected chi connectivity index (χ4v) is 4.97. The standard InChI is InChI=1S/C29H34N2O4/c1-5-30-17-15-24(19-26(30)32)23-13-11-22(12-14-23)21(2)31-18-16-29(35-27(31)33,20-28(3,4)34)25-9-7-6-8-10-25/h6-15,17,19,21,34H,5,16,18,20H2,1-4H3/t21-,29-/m0/s1. The number of aromatic nitrogens is 1. The van der Waals surface area contributed by atoms with Gasteiger partial charge in [0.25, 0.3) is 5.56 Å². The highest BCUT2D eigenvalue weighted by Crippen LogP contribution is 2.42. The maximum absolute atomic E-state index is 13.3. The first-order chi connectivity index (χ1) is 16.6. The van der Waals surface area contributed by atoms with E-state index in [9.17, 15) is 14.7 Å². The summed E-state index contributed by atoms with van der Waals surface area (Å²) in [6.45, 7) is 8.57. The number of carbonyl (C=O) groups excluding carboxylic acids is 1. The van der Waals surface area contributed by atoms with Crippen LogP contribution < -0.4 is 5.56 Å². The summed E-state index contributed by atoms with van der Waals surface area (Å²) in [5.74, 6) is 0. The minimum Gasteiger partial charge on any atom is -0.438 e. The Hall–Kier alpha value is -3.38. The first kappa shape index (κ1) is 24.7. The molecule has 0 bridgehead atoms. The Labute approximate surface area is 206 Å². The van der Waals surface area contributed by atoms with Crippen LogP contribution in [-0.2, 0) is 16.9 Å². The van der Waals surface area contributed by atoms with Crippen LogP contribution in [0.1, 0.15) is 57.7 Å². The zero-order valence-electron chi connectivity index (χ0n) is 20.9. The van der Waals surface area contributed by atoms with E-state index in [1.165, 1.54) is 0 Å². The van der Waals surface area contributed by atoms with Gasteiger partial charge in [0.05, 0.1) is 11.6 Å². The van der Waals surface area contributed by atoms with Crippen molar-refractivity contribution in [1.29, 1.82) is 0 Å². The molecule has 0 spiro atoms. The van der Waals surface area contributed by atoms with Crippen molar-refractivity contribution in [2.75, 3.05) is 6.54 Å². The summed E-state index contributed by atoms with van der Waals surface area (Å²) in [4.78, 5) is 27.2. The minimum atomic E-state index is -0.989. The maximum atomic E-state index is 13.3. The van der Waals surface area contributed by atoms with Crippen LogP contribution in [0, 0.1) is 0 Å². The third-order valence-corrected chi connectivity index (χ3v) is 6.82. The smallest absolute Gasteiger partial charge is 0.411 e. The Bertz CT molecular complexity index is 1230. The summed E-state index contributed by atoms with van der Waals surface area (Å²) in [6, 6.07) is 21.1. The summed E-state index contributed by atoms with van der Waals surface area (Å²) >= 11 is 0. The van der Waals surface area contributed by atoms with Gasteiger partial charge in [0.2, 0.25) is 0 Å². The highest BCUT2D eigenvalue weighted by Gasteiger charge is 2.46. The normalized spacial score (nSPS) is 19.3. The molecule has 2 aromatic carbocycles. The van der Waals surface area contributed by atoms with Crippen molar-refractivity contribution < 1.29 is 14.6 Å². The highest BCUT2D eigenvalue weighted by molar-refractivity contribution is 5.70. The molecule has 1 N–H and O–H groups in total. The highest BCUT2D eigenvalue weighted by atomic mass is 16.6. The molecule has 35 heavy (non-hydrogen) atoms. The van der Waals surface area contributed by atoms with Crippen LogP contribution in [-0.4, -0.2) is 32.8 Å². The Morgan fingerprint density at radius 1 is 1.03 bits per heavy atom. The molecule has 0 radical (unpaired) electrons. The van der Waals surface area contributed by atoms with E-state index in [0.717, 1.165) is 22.3 Å². The molecular weight excluding hydrogens is 440 g/mol. The van der Waals surface area contributed by atoms with Gasteiger partial charge in [-0.05, 0) is 56.0 Å². The van der Waals surface area contributed by atoms with Crippen molar-refractivity contribution in [3.8, 4) is 11.1 Å². The van der Waals surface area contributed by atoms with E-state index in [1.807, 2.05) is 80.7 Å². The van der Waals surface area contributed by atoms with Crippen molar-refractivity contribution in [3.63, 3.8) is 0 Å². The van der Waals surface area contributed by atoms with E-state index < -0.39 is 11.2 Å². The van der Waals surface area contributed by atoms with E-state index in [1.54, 1.807) is 29.4 Å². The molecule has 0 unspecified atom stereocenters. The minimum absolute atomic E-state index is 0.0218. The van der Waals surface area contributed by atoms with E-state index in [-0.39, 0.29) is 17.7 Å². The molecule has 1 aliphatic rings. The van der Waals surface area contributed by atoms with Crippen LogP contribution in [0.25, 0.3) is 11.1 Å². The lowest BCUT2D eigenvalue weighted by molar-refractivity contribution is -0.101. The molecule has 0 saturated carbocycles. The summed E-state index contributed by atoms with van der Waals surface area (Å²) in [5.41, 5.74) is 1.84. The largest absolute Gasteiger partial charge is 0.438 e. The number of ether oxygens (including phenoxy) is 1. The molecule has 1 fully saturated rings. The number of nitrogens with zero attached hydrogens (tertiary/aromatic N) is 2. The molecule has 6 nitrogen and oxygen atoms in total. The summed E-state index contributed by atoms with van der Waals surface area (Å²) in [6.07, 6.45) is 2.33. The van der Waals surface area contributed by atoms with Crippen LogP contribution in [0.4, 0.5) is 4.79 Å². The number of carbonyl (C=O) groups is 1. The van der Waals surface area contributed by atoms with Crippen LogP contribution in [0.15, 0.2) is 77.7 Å². The molecule has 1 amide bonds. The zero-order valence-corrected chi connectivity index (χ0v) is 20.9. The van der Waals surface area contributed by atoms with E-state index in [0.29, 0.717) is 25.9 Å². The van der Waals surface area contributed by atoms with E-state index in [2.05, 4.69) is 0 Å².